The Morgan fingerprint density at radius 2 is 2.00 bits per heavy atom. The van der Waals surface area contributed by atoms with E-state index in [1.807, 2.05) is 11.0 Å². The maximum absolute atomic E-state index is 13.7. The van der Waals surface area contributed by atoms with Crippen molar-refractivity contribution in [2.24, 2.45) is 0 Å². The van der Waals surface area contributed by atoms with Gasteiger partial charge in [-0.1, -0.05) is 0 Å². The van der Waals surface area contributed by atoms with E-state index in [0.29, 0.717) is 67.8 Å². The van der Waals surface area contributed by atoms with Crippen molar-refractivity contribution in [3.05, 3.63) is 36.3 Å². The van der Waals surface area contributed by atoms with Gasteiger partial charge in [0.1, 0.15) is 17.5 Å². The lowest BCUT2D eigenvalue weighted by Crippen LogP contribution is -2.48. The average molecular weight is 467 g/mol. The number of piperidine rings is 1. The first-order chi connectivity index (χ1) is 16.5. The quantitative estimate of drug-likeness (QED) is 0.519. The Balaban J connectivity index is 1.42. The maximum Gasteiger partial charge on any atom is 0.241 e. The van der Waals surface area contributed by atoms with E-state index in [1.54, 1.807) is 36.4 Å². The van der Waals surface area contributed by atoms with Crippen LogP contribution in [0.25, 0.3) is 10.9 Å². The number of carbonyl (C=O) groups is 1. The molecule has 0 radical (unpaired) electrons. The lowest BCUT2D eigenvalue weighted by atomic mass is 10.1. The number of pyridine rings is 2. The van der Waals surface area contributed by atoms with Crippen LogP contribution in [-0.4, -0.2) is 69.8 Å². The van der Waals surface area contributed by atoms with Crippen molar-refractivity contribution in [2.75, 3.05) is 47.8 Å². The highest BCUT2D eigenvalue weighted by molar-refractivity contribution is 5.95. The zero-order valence-electron chi connectivity index (χ0n) is 18.9. The van der Waals surface area contributed by atoms with Crippen molar-refractivity contribution in [3.8, 4) is 0 Å². The summed E-state index contributed by atoms with van der Waals surface area (Å²) in [7, 11) is 0. The van der Waals surface area contributed by atoms with Crippen LogP contribution in [0.1, 0.15) is 31.6 Å². The van der Waals surface area contributed by atoms with Gasteiger partial charge in [0, 0.05) is 37.8 Å². The summed E-state index contributed by atoms with van der Waals surface area (Å²) < 4.78 is 13.7. The minimum absolute atomic E-state index is 0.0139. The predicted molar refractivity (Wildman–Crippen MR) is 127 cm³/mol. The van der Waals surface area contributed by atoms with Crippen molar-refractivity contribution in [1.29, 1.82) is 0 Å². The summed E-state index contributed by atoms with van der Waals surface area (Å²) in [6, 6.07) is 5.38. The fourth-order valence-electron chi connectivity index (χ4n) is 4.21. The summed E-state index contributed by atoms with van der Waals surface area (Å²) in [6.07, 6.45) is 2.64. The van der Waals surface area contributed by atoms with Gasteiger partial charge < -0.3 is 25.5 Å². The van der Waals surface area contributed by atoms with Gasteiger partial charge in [-0.3, -0.25) is 4.79 Å². The van der Waals surface area contributed by atoms with Crippen LogP contribution in [0.15, 0.2) is 30.6 Å². The molecule has 5 heterocycles. The monoisotopic (exact) mass is 466 g/mol. The van der Waals surface area contributed by atoms with Gasteiger partial charge >= 0.3 is 0 Å². The lowest BCUT2D eigenvalue weighted by Gasteiger charge is -2.30. The smallest absolute Gasteiger partial charge is 0.241 e. The molecule has 2 fully saturated rings. The third-order valence-corrected chi connectivity index (χ3v) is 6.11. The number of aliphatic hydroxyl groups excluding tert-OH is 1. The number of halogens is 1. The molecule has 0 unspecified atom stereocenters. The molecule has 0 spiro atoms. The van der Waals surface area contributed by atoms with E-state index in [9.17, 15) is 14.3 Å². The minimum atomic E-state index is -0.806. The first kappa shape index (κ1) is 22.4. The number of fused-ring (bicyclic) bond motifs is 1. The Kier molecular flexibility index (Phi) is 6.20. The number of piperazine rings is 1. The number of anilines is 4. The van der Waals surface area contributed by atoms with Gasteiger partial charge in [0.25, 0.3) is 0 Å². The van der Waals surface area contributed by atoms with Crippen LogP contribution in [-0.2, 0) is 4.79 Å². The van der Waals surface area contributed by atoms with Crippen LogP contribution in [0.4, 0.5) is 27.7 Å². The molecule has 3 aromatic rings. The van der Waals surface area contributed by atoms with Crippen LogP contribution in [0.3, 0.4) is 0 Å². The van der Waals surface area contributed by atoms with Crippen LogP contribution >= 0.6 is 0 Å². The van der Waals surface area contributed by atoms with E-state index < -0.39 is 12.3 Å². The van der Waals surface area contributed by atoms with E-state index in [-0.39, 0.29) is 5.91 Å². The highest BCUT2D eigenvalue weighted by Gasteiger charge is 2.23. The van der Waals surface area contributed by atoms with E-state index in [2.05, 4.69) is 30.6 Å². The maximum atomic E-state index is 13.7. The summed E-state index contributed by atoms with van der Waals surface area (Å²) in [4.78, 5) is 34.0. The van der Waals surface area contributed by atoms with Gasteiger partial charge in [0.05, 0.1) is 30.2 Å². The van der Waals surface area contributed by atoms with Gasteiger partial charge in [0.15, 0.2) is 5.82 Å². The highest BCUT2D eigenvalue weighted by Crippen LogP contribution is 2.30. The van der Waals surface area contributed by atoms with E-state index >= 15 is 0 Å². The number of hydrogen-bond acceptors (Lipinski definition) is 9. The summed E-state index contributed by atoms with van der Waals surface area (Å²) in [5.41, 5.74) is 1.89. The zero-order valence-corrected chi connectivity index (χ0v) is 18.9. The number of nitrogens with zero attached hydrogens (tertiary/aromatic N) is 6. The van der Waals surface area contributed by atoms with Gasteiger partial charge in [0.2, 0.25) is 11.9 Å². The topological polar surface area (TPSA) is 119 Å². The first-order valence-corrected chi connectivity index (χ1v) is 11.5. The van der Waals surface area contributed by atoms with E-state index in [1.165, 1.54) is 0 Å². The van der Waals surface area contributed by atoms with E-state index in [4.69, 9.17) is 0 Å². The third kappa shape index (κ3) is 4.62. The Morgan fingerprint density at radius 1 is 1.18 bits per heavy atom. The molecule has 0 aliphatic carbocycles. The number of amides is 1. The van der Waals surface area contributed by atoms with Crippen molar-refractivity contribution in [1.82, 2.24) is 25.3 Å². The number of nitrogens with one attached hydrogen (secondary N) is 2. The molecule has 1 amide bonds. The first-order valence-electron chi connectivity index (χ1n) is 11.5. The predicted octanol–water partition coefficient (Wildman–Crippen LogP) is 2.09. The zero-order chi connectivity index (χ0) is 23.7. The SMILES string of the molecule is C[C@@H](O)c1cc2cnc(Nc3ccc(N4CCNCC4=O)cn3)nc2c(N2CCC(F)CC2)n1. The molecule has 3 N–H and O–H groups in total. The molecular weight excluding hydrogens is 439 g/mol. The molecule has 1 atom stereocenters. The fraction of sp³-hybridized carbons (Fsp3) is 0.435. The molecule has 0 aromatic carbocycles. The summed E-state index contributed by atoms with van der Waals surface area (Å²) in [5.74, 6) is 1.52. The van der Waals surface area contributed by atoms with Crippen LogP contribution < -0.4 is 20.4 Å². The van der Waals surface area contributed by atoms with Crippen LogP contribution in [0, 0.1) is 0 Å². The van der Waals surface area contributed by atoms with Crippen molar-refractivity contribution < 1.29 is 14.3 Å². The number of alkyl halides is 1. The Labute approximate surface area is 196 Å². The number of aliphatic hydroxyl groups is 1. The Hall–Kier alpha value is -3.44. The second-order valence-electron chi connectivity index (χ2n) is 8.59. The average Bonchev–Trinajstić information content (AvgIpc) is 2.85. The van der Waals surface area contributed by atoms with Gasteiger partial charge in [-0.25, -0.2) is 24.3 Å². The summed E-state index contributed by atoms with van der Waals surface area (Å²) in [5, 5.41) is 17.0. The number of rotatable bonds is 5. The van der Waals surface area contributed by atoms with Crippen molar-refractivity contribution in [3.63, 3.8) is 0 Å². The molecule has 2 aliphatic heterocycles. The number of aromatic nitrogens is 4. The van der Waals surface area contributed by atoms with Crippen LogP contribution in [0.2, 0.25) is 0 Å². The molecule has 3 aromatic heterocycles. The number of carbonyl (C=O) groups excluding carboxylic acids is 1. The van der Waals surface area contributed by atoms with Gasteiger partial charge in [-0.2, -0.15) is 0 Å². The molecule has 178 valence electrons. The standard InChI is InChI=1S/C23H27FN8O2/c1-14(33)18-10-15-11-27-23(30-21(15)22(28-18)31-7-4-16(24)5-8-31)29-19-3-2-17(12-26-19)32-9-6-25-13-20(32)34/h2-3,10-12,14,16,25,33H,4-9,13H2,1H3,(H,26,27,29,30)/t14-/m1/s1. The third-order valence-electron chi connectivity index (χ3n) is 6.11. The molecule has 34 heavy (non-hydrogen) atoms. The highest BCUT2D eigenvalue weighted by atomic mass is 19.1. The van der Waals surface area contributed by atoms with Crippen LogP contribution in [0.5, 0.6) is 0 Å². The molecule has 0 bridgehead atoms. The largest absolute Gasteiger partial charge is 0.387 e. The summed E-state index contributed by atoms with van der Waals surface area (Å²) in [6.45, 7) is 4.39. The van der Waals surface area contributed by atoms with Gasteiger partial charge in [-0.15, -0.1) is 0 Å². The summed E-state index contributed by atoms with van der Waals surface area (Å²) >= 11 is 0. The molecule has 5 rings (SSSR count). The van der Waals surface area contributed by atoms with Gasteiger partial charge in [-0.05, 0) is 38.0 Å². The minimum Gasteiger partial charge on any atom is -0.387 e. The van der Waals surface area contributed by atoms with Crippen molar-refractivity contribution >= 4 is 40.1 Å². The Morgan fingerprint density at radius 3 is 2.71 bits per heavy atom. The lowest BCUT2D eigenvalue weighted by molar-refractivity contribution is -0.118. The molecular formula is C23H27FN8O2. The molecule has 2 saturated heterocycles. The number of hydrogen-bond donors (Lipinski definition) is 3. The fourth-order valence-corrected chi connectivity index (χ4v) is 4.21. The van der Waals surface area contributed by atoms with E-state index in [0.717, 1.165) is 17.6 Å². The second kappa shape index (κ2) is 9.43. The second-order valence-corrected chi connectivity index (χ2v) is 8.59. The molecule has 11 heteroatoms. The normalized spacial score (nSPS) is 18.4. The van der Waals surface area contributed by atoms with Crippen molar-refractivity contribution in [2.45, 2.75) is 32.0 Å². The molecule has 10 nitrogen and oxygen atoms in total. The molecule has 0 saturated carbocycles. The molecule has 2 aliphatic rings. The Bertz CT molecular complexity index is 1180.